The van der Waals surface area contributed by atoms with E-state index in [2.05, 4.69) is 55.5 Å². The van der Waals surface area contributed by atoms with Gasteiger partial charge in [0.2, 0.25) is 5.96 Å². The molecule has 9 heteroatoms. The van der Waals surface area contributed by atoms with E-state index in [-0.39, 0.29) is 0 Å². The van der Waals surface area contributed by atoms with Gasteiger partial charge in [-0.1, -0.05) is 212 Å². The lowest BCUT2D eigenvalue weighted by atomic mass is 10.0. The minimum absolute atomic E-state index is 0.657. The Labute approximate surface area is 331 Å². The summed E-state index contributed by atoms with van der Waals surface area (Å²) in [7, 11) is 0. The molecule has 1 aromatic heterocycles. The van der Waals surface area contributed by atoms with Crippen molar-refractivity contribution in [2.45, 2.75) is 225 Å². The number of nitrogens with one attached hydrogen (secondary N) is 5. The summed E-state index contributed by atoms with van der Waals surface area (Å²) in [4.78, 5) is 9.57. The van der Waals surface area contributed by atoms with E-state index in [1.54, 1.807) is 6.34 Å². The molecule has 9 nitrogen and oxygen atoms in total. The van der Waals surface area contributed by atoms with Crippen LogP contribution in [0.5, 0.6) is 0 Å². The van der Waals surface area contributed by atoms with Crippen molar-refractivity contribution in [1.82, 2.24) is 31.4 Å². The monoisotopic (exact) mass is 750 g/mol. The lowest BCUT2D eigenvalue weighted by molar-refractivity contribution is 0.349. The number of fused-ring (bicyclic) bond motifs is 1. The lowest BCUT2D eigenvalue weighted by Gasteiger charge is -2.35. The number of hydrogen-bond acceptors (Lipinski definition) is 8. The predicted octanol–water partition coefficient (Wildman–Crippen LogP) is 12.7. The molecule has 1 aliphatic heterocycles. The van der Waals surface area contributed by atoms with Gasteiger partial charge in [0, 0.05) is 18.8 Å². The van der Waals surface area contributed by atoms with E-state index < -0.39 is 5.91 Å². The molecule has 0 fully saturated rings. The zero-order valence-corrected chi connectivity index (χ0v) is 35.1. The first-order chi connectivity index (χ1) is 26.7. The van der Waals surface area contributed by atoms with Crippen LogP contribution >= 0.6 is 0 Å². The highest BCUT2D eigenvalue weighted by Crippen LogP contribution is 2.20. The normalized spacial score (nSPS) is 15.5. The highest BCUT2D eigenvalue weighted by molar-refractivity contribution is 5.90. The smallest absolute Gasteiger partial charge is 0.270 e. The largest absolute Gasteiger partial charge is 0.354 e. The standard InChI is InChI=1S/C45H83N9/c1-3-5-7-9-11-13-15-17-19-21-23-25-27-29-31-33-37-46-44-47-40-49-45(51-44,50-41-35-36-42-43(39-41)53-54-52-42)48-38-34-32-30-28-26-24-22-20-18-16-14-12-10-8-6-4-2/h35-36,39-40,48,50H,3-34,37-38H2,1-2H3,(H,52,53,54)(H2,46,47,49,51). The molecule has 0 aliphatic carbocycles. The Morgan fingerprint density at radius 3 is 1.46 bits per heavy atom. The second-order valence-corrected chi connectivity index (χ2v) is 16.2. The molecule has 308 valence electrons. The van der Waals surface area contributed by atoms with Crippen LogP contribution in [-0.4, -0.2) is 46.7 Å². The second-order valence-electron chi connectivity index (χ2n) is 16.2. The summed E-state index contributed by atoms with van der Waals surface area (Å²) in [5.74, 6) is -0.227. The minimum atomic E-state index is -0.883. The van der Waals surface area contributed by atoms with Gasteiger partial charge in [0.1, 0.15) is 5.52 Å². The summed E-state index contributed by atoms with van der Waals surface area (Å²) in [6.45, 7) is 6.33. The SMILES string of the molecule is CCCCCCCCCCCCCCCCCCNC1=NC(NCCCCCCCCCCCCCCCCCC)(Nc2ccc3[nH]nnc3c2)NC=N1. The topological polar surface area (TPSA) is 114 Å². The number of guanidine groups is 1. The van der Waals surface area contributed by atoms with E-state index in [1.165, 1.54) is 193 Å². The van der Waals surface area contributed by atoms with Crippen LogP contribution in [0.1, 0.15) is 219 Å². The van der Waals surface area contributed by atoms with Gasteiger partial charge in [-0.2, -0.15) is 4.99 Å². The number of aromatic amines is 1. The van der Waals surface area contributed by atoms with Crippen molar-refractivity contribution in [3.8, 4) is 0 Å². The fraction of sp³-hybridized carbons (Fsp3) is 0.822. The van der Waals surface area contributed by atoms with Crippen LogP contribution in [0.4, 0.5) is 5.69 Å². The van der Waals surface area contributed by atoms with Gasteiger partial charge in [-0.3, -0.25) is 10.4 Å². The van der Waals surface area contributed by atoms with Gasteiger partial charge < -0.3 is 16.0 Å². The molecule has 0 amide bonds. The molecule has 54 heavy (non-hydrogen) atoms. The molecule has 2 aromatic rings. The van der Waals surface area contributed by atoms with Crippen LogP contribution in [0.2, 0.25) is 0 Å². The van der Waals surface area contributed by atoms with Crippen molar-refractivity contribution in [2.24, 2.45) is 9.98 Å². The fourth-order valence-corrected chi connectivity index (χ4v) is 7.63. The summed E-state index contributed by atoms with van der Waals surface area (Å²) < 4.78 is 0. The van der Waals surface area contributed by atoms with E-state index in [1.807, 2.05) is 18.2 Å². The van der Waals surface area contributed by atoms with Crippen LogP contribution < -0.4 is 21.3 Å². The number of aliphatic imine (C=N–C) groups is 2. The minimum Gasteiger partial charge on any atom is -0.354 e. The van der Waals surface area contributed by atoms with Crippen molar-refractivity contribution >= 4 is 29.0 Å². The number of rotatable bonds is 37. The quantitative estimate of drug-likeness (QED) is 0.0347. The fourth-order valence-electron chi connectivity index (χ4n) is 7.63. The predicted molar refractivity (Wildman–Crippen MR) is 234 cm³/mol. The third-order valence-corrected chi connectivity index (χ3v) is 11.1. The molecular weight excluding hydrogens is 667 g/mol. The van der Waals surface area contributed by atoms with Crippen molar-refractivity contribution in [3.63, 3.8) is 0 Å². The number of nitrogens with zero attached hydrogens (tertiary/aromatic N) is 4. The van der Waals surface area contributed by atoms with Crippen LogP contribution in [0.15, 0.2) is 28.2 Å². The summed E-state index contributed by atoms with van der Waals surface area (Å²) in [6, 6.07) is 6.04. The molecule has 3 rings (SSSR count). The molecule has 1 aromatic carbocycles. The number of anilines is 1. The number of hydrogen-bond donors (Lipinski definition) is 5. The maximum atomic E-state index is 5.03. The molecule has 2 heterocycles. The average molecular weight is 750 g/mol. The number of H-pyrrole nitrogens is 1. The molecule has 1 atom stereocenters. The number of benzene rings is 1. The van der Waals surface area contributed by atoms with Crippen molar-refractivity contribution in [1.29, 1.82) is 0 Å². The van der Waals surface area contributed by atoms with Crippen LogP contribution in [-0.2, 0) is 0 Å². The Morgan fingerprint density at radius 2 is 0.981 bits per heavy atom. The maximum absolute atomic E-state index is 5.03. The Hall–Kier alpha value is -2.68. The second kappa shape index (κ2) is 31.5. The van der Waals surface area contributed by atoms with Gasteiger partial charge in [0.25, 0.3) is 5.91 Å². The van der Waals surface area contributed by atoms with Crippen molar-refractivity contribution < 1.29 is 0 Å². The molecule has 0 saturated carbocycles. The number of unbranched alkanes of at least 4 members (excludes halogenated alkanes) is 30. The van der Waals surface area contributed by atoms with Crippen molar-refractivity contribution in [2.75, 3.05) is 18.4 Å². The Bertz CT molecular complexity index is 1210. The highest BCUT2D eigenvalue weighted by Gasteiger charge is 2.31. The first kappa shape index (κ1) is 45.7. The first-order valence-corrected chi connectivity index (χ1v) is 23.2. The van der Waals surface area contributed by atoms with Gasteiger partial charge in [-0.15, -0.1) is 5.10 Å². The zero-order chi connectivity index (χ0) is 38.0. The van der Waals surface area contributed by atoms with Gasteiger partial charge in [-0.25, -0.2) is 4.99 Å². The molecule has 0 spiro atoms. The Kier molecular flexibility index (Phi) is 26.7. The highest BCUT2D eigenvalue weighted by atomic mass is 15.5. The third kappa shape index (κ3) is 22.0. The molecular formula is C45H83N9. The maximum Gasteiger partial charge on any atom is 0.270 e. The molecule has 0 radical (unpaired) electrons. The summed E-state index contributed by atoms with van der Waals surface area (Å²) >= 11 is 0. The van der Waals surface area contributed by atoms with E-state index in [9.17, 15) is 0 Å². The summed E-state index contributed by atoms with van der Waals surface area (Å²) in [5, 5.41) is 25.3. The third-order valence-electron chi connectivity index (χ3n) is 11.1. The Morgan fingerprint density at radius 1 is 0.537 bits per heavy atom. The summed E-state index contributed by atoms with van der Waals surface area (Å²) in [6.07, 6.45) is 45.8. The van der Waals surface area contributed by atoms with E-state index in [4.69, 9.17) is 4.99 Å². The first-order valence-electron chi connectivity index (χ1n) is 23.2. The van der Waals surface area contributed by atoms with Gasteiger partial charge in [0.15, 0.2) is 0 Å². The van der Waals surface area contributed by atoms with Crippen LogP contribution in [0.3, 0.4) is 0 Å². The summed E-state index contributed by atoms with van der Waals surface area (Å²) in [5.41, 5.74) is 2.65. The molecule has 5 N–H and O–H groups in total. The number of aromatic nitrogens is 3. The van der Waals surface area contributed by atoms with E-state index in [0.717, 1.165) is 42.7 Å². The molecule has 1 unspecified atom stereocenters. The van der Waals surface area contributed by atoms with Gasteiger partial charge in [0.05, 0.1) is 11.9 Å². The molecule has 0 bridgehead atoms. The van der Waals surface area contributed by atoms with Crippen LogP contribution in [0, 0.1) is 0 Å². The average Bonchev–Trinajstić information content (AvgIpc) is 3.65. The zero-order valence-electron chi connectivity index (χ0n) is 35.1. The van der Waals surface area contributed by atoms with Crippen molar-refractivity contribution in [3.05, 3.63) is 18.2 Å². The lowest BCUT2D eigenvalue weighted by Crippen LogP contribution is -2.63. The van der Waals surface area contributed by atoms with Gasteiger partial charge in [-0.05, 0) is 31.0 Å². The van der Waals surface area contributed by atoms with Gasteiger partial charge >= 0.3 is 0 Å². The van der Waals surface area contributed by atoms with Crippen LogP contribution in [0.25, 0.3) is 11.0 Å². The molecule has 0 saturated heterocycles. The van der Waals surface area contributed by atoms with E-state index in [0.29, 0.717) is 5.96 Å². The van der Waals surface area contributed by atoms with E-state index >= 15 is 0 Å². The Balaban J connectivity index is 1.27. The molecule has 1 aliphatic rings.